The van der Waals surface area contributed by atoms with Gasteiger partial charge in [-0.05, 0) is 50.1 Å². The molecule has 0 unspecified atom stereocenters. The maximum atomic E-state index is 5.65. The molecule has 0 rings (SSSR count). The molecule has 0 amide bonds. The van der Waals surface area contributed by atoms with Gasteiger partial charge in [-0.1, -0.05) is 53.4 Å². The molecular weight excluding hydrogens is 352 g/mol. The van der Waals surface area contributed by atoms with E-state index in [1.54, 1.807) is 0 Å². The summed E-state index contributed by atoms with van der Waals surface area (Å²) >= 11 is 10.9. The SMILES string of the molecule is CCCCN(CCCC)C(=S)OCOC(=S)N(CCCC)CCCC. The van der Waals surface area contributed by atoms with Crippen molar-refractivity contribution in [3.8, 4) is 0 Å². The molecule has 0 radical (unpaired) electrons. The monoisotopic (exact) mass is 390 g/mol. The Morgan fingerprint density at radius 2 is 0.880 bits per heavy atom. The first-order chi connectivity index (χ1) is 12.1. The molecule has 0 atom stereocenters. The van der Waals surface area contributed by atoms with E-state index >= 15 is 0 Å². The Kier molecular flexibility index (Phi) is 16.4. The highest BCUT2D eigenvalue weighted by Crippen LogP contribution is 2.05. The molecule has 0 aliphatic rings. The molecule has 0 aliphatic carbocycles. The third-order valence-electron chi connectivity index (χ3n) is 4.01. The van der Waals surface area contributed by atoms with Gasteiger partial charge in [-0.3, -0.25) is 0 Å². The number of ether oxygens (including phenoxy) is 2. The van der Waals surface area contributed by atoms with Gasteiger partial charge in [0.15, 0.2) is 0 Å². The van der Waals surface area contributed by atoms with Gasteiger partial charge in [0.1, 0.15) is 0 Å². The van der Waals surface area contributed by atoms with Gasteiger partial charge >= 0.3 is 0 Å². The second-order valence-electron chi connectivity index (χ2n) is 6.33. The number of rotatable bonds is 14. The lowest BCUT2D eigenvalue weighted by Crippen LogP contribution is -2.36. The summed E-state index contributed by atoms with van der Waals surface area (Å²) in [6, 6.07) is 0. The van der Waals surface area contributed by atoms with Gasteiger partial charge in [-0.15, -0.1) is 0 Å². The van der Waals surface area contributed by atoms with Crippen molar-refractivity contribution in [3.05, 3.63) is 0 Å². The van der Waals surface area contributed by atoms with Crippen molar-refractivity contribution in [1.82, 2.24) is 9.80 Å². The first kappa shape index (κ1) is 24.4. The minimum atomic E-state index is 0.0984. The van der Waals surface area contributed by atoms with Gasteiger partial charge in [-0.2, -0.15) is 0 Å². The van der Waals surface area contributed by atoms with Crippen molar-refractivity contribution in [2.75, 3.05) is 33.0 Å². The zero-order valence-corrected chi connectivity index (χ0v) is 18.4. The Balaban J connectivity index is 4.31. The summed E-state index contributed by atoms with van der Waals surface area (Å²) in [6.45, 7) is 12.6. The lowest BCUT2D eigenvalue weighted by atomic mass is 10.3. The molecular formula is C19H38N2O2S2. The van der Waals surface area contributed by atoms with Gasteiger partial charge in [0, 0.05) is 26.2 Å². The third kappa shape index (κ3) is 12.4. The Hall–Kier alpha value is -0.620. The van der Waals surface area contributed by atoms with E-state index < -0.39 is 0 Å². The van der Waals surface area contributed by atoms with E-state index in [0.717, 1.165) is 77.5 Å². The van der Waals surface area contributed by atoms with Crippen LogP contribution in [-0.2, 0) is 9.47 Å². The molecule has 0 saturated heterocycles. The summed E-state index contributed by atoms with van der Waals surface area (Å²) in [5.74, 6) is 0. The van der Waals surface area contributed by atoms with Crippen LogP contribution < -0.4 is 0 Å². The average molecular weight is 391 g/mol. The van der Waals surface area contributed by atoms with Gasteiger partial charge in [-0.25, -0.2) is 0 Å². The highest BCUT2D eigenvalue weighted by molar-refractivity contribution is 7.80. The number of hydrogen-bond donors (Lipinski definition) is 0. The fraction of sp³-hybridized carbons (Fsp3) is 0.895. The Morgan fingerprint density at radius 1 is 0.600 bits per heavy atom. The number of hydrogen-bond acceptors (Lipinski definition) is 4. The summed E-state index contributed by atoms with van der Waals surface area (Å²) in [4.78, 5) is 4.28. The lowest BCUT2D eigenvalue weighted by Gasteiger charge is -2.27. The average Bonchev–Trinajstić information content (AvgIpc) is 2.61. The van der Waals surface area contributed by atoms with Crippen LogP contribution in [0.15, 0.2) is 0 Å². The summed E-state index contributed by atoms with van der Waals surface area (Å²) in [7, 11) is 0. The quantitative estimate of drug-likeness (QED) is 0.293. The molecule has 0 bridgehead atoms. The molecule has 0 N–H and O–H groups in total. The van der Waals surface area contributed by atoms with E-state index in [2.05, 4.69) is 37.5 Å². The van der Waals surface area contributed by atoms with Crippen LogP contribution in [0.5, 0.6) is 0 Å². The van der Waals surface area contributed by atoms with E-state index in [9.17, 15) is 0 Å². The molecule has 0 aromatic heterocycles. The predicted molar refractivity (Wildman–Crippen MR) is 115 cm³/mol. The smallest absolute Gasteiger partial charge is 0.262 e. The van der Waals surface area contributed by atoms with Crippen LogP contribution >= 0.6 is 24.4 Å². The molecule has 0 fully saturated rings. The standard InChI is InChI=1S/C19H38N2O2S2/c1-5-9-13-20(14-10-6-2)18(24)22-17-23-19(25)21(15-11-7-3)16-12-8-4/h5-17H2,1-4H3. The van der Waals surface area contributed by atoms with Crippen molar-refractivity contribution in [2.24, 2.45) is 0 Å². The fourth-order valence-corrected chi connectivity index (χ4v) is 2.76. The van der Waals surface area contributed by atoms with Crippen LogP contribution in [0.2, 0.25) is 0 Å². The highest BCUT2D eigenvalue weighted by atomic mass is 32.1. The maximum absolute atomic E-state index is 5.65. The van der Waals surface area contributed by atoms with Gasteiger partial charge in [0.2, 0.25) is 6.79 Å². The second-order valence-corrected chi connectivity index (χ2v) is 7.03. The van der Waals surface area contributed by atoms with Gasteiger partial charge in [0.05, 0.1) is 0 Å². The topological polar surface area (TPSA) is 24.9 Å². The van der Waals surface area contributed by atoms with Crippen molar-refractivity contribution >= 4 is 34.8 Å². The van der Waals surface area contributed by atoms with Crippen molar-refractivity contribution < 1.29 is 9.47 Å². The molecule has 0 aromatic carbocycles. The Bertz CT molecular complexity index is 306. The number of thiocarbonyl (C=S) groups is 2. The first-order valence-corrected chi connectivity index (χ1v) is 10.8. The van der Waals surface area contributed by atoms with Crippen molar-refractivity contribution in [2.45, 2.75) is 79.1 Å². The zero-order valence-electron chi connectivity index (χ0n) is 16.7. The van der Waals surface area contributed by atoms with E-state index in [1.165, 1.54) is 0 Å². The van der Waals surface area contributed by atoms with E-state index in [0.29, 0.717) is 10.3 Å². The normalized spacial score (nSPS) is 10.4. The van der Waals surface area contributed by atoms with Crippen LogP contribution in [0.1, 0.15) is 79.1 Å². The summed E-state index contributed by atoms with van der Waals surface area (Å²) in [6.07, 6.45) is 9.07. The largest absolute Gasteiger partial charge is 0.433 e. The van der Waals surface area contributed by atoms with Crippen LogP contribution in [0, 0.1) is 0 Å². The maximum Gasteiger partial charge on any atom is 0.262 e. The molecule has 0 spiro atoms. The number of unbranched alkanes of at least 4 members (excludes halogenated alkanes) is 4. The molecule has 0 heterocycles. The minimum Gasteiger partial charge on any atom is -0.433 e. The molecule has 0 aliphatic heterocycles. The molecule has 6 heteroatoms. The Labute approximate surface area is 166 Å². The fourth-order valence-electron chi connectivity index (χ4n) is 2.30. The third-order valence-corrected chi connectivity index (χ3v) is 4.76. The molecule has 148 valence electrons. The van der Waals surface area contributed by atoms with Gasteiger partial charge < -0.3 is 19.3 Å². The molecule has 0 saturated carbocycles. The van der Waals surface area contributed by atoms with Crippen LogP contribution in [-0.4, -0.2) is 53.1 Å². The first-order valence-electron chi connectivity index (χ1n) is 9.93. The summed E-state index contributed by atoms with van der Waals surface area (Å²) in [5.41, 5.74) is 0. The molecule has 25 heavy (non-hydrogen) atoms. The van der Waals surface area contributed by atoms with E-state index in [-0.39, 0.29) is 6.79 Å². The minimum absolute atomic E-state index is 0.0984. The second kappa shape index (κ2) is 16.8. The summed E-state index contributed by atoms with van der Waals surface area (Å²) < 4.78 is 11.3. The zero-order chi connectivity index (χ0) is 18.9. The van der Waals surface area contributed by atoms with Crippen molar-refractivity contribution in [1.29, 1.82) is 0 Å². The highest BCUT2D eigenvalue weighted by Gasteiger charge is 2.13. The van der Waals surface area contributed by atoms with E-state index in [1.807, 2.05) is 0 Å². The molecule has 0 aromatic rings. The lowest BCUT2D eigenvalue weighted by molar-refractivity contribution is 0.0700. The van der Waals surface area contributed by atoms with E-state index in [4.69, 9.17) is 33.9 Å². The number of nitrogens with zero attached hydrogens (tertiary/aromatic N) is 2. The summed E-state index contributed by atoms with van der Waals surface area (Å²) in [5, 5.41) is 1.05. The predicted octanol–water partition coefficient (Wildman–Crippen LogP) is 5.35. The van der Waals surface area contributed by atoms with Crippen LogP contribution in [0.4, 0.5) is 0 Å². The van der Waals surface area contributed by atoms with Crippen LogP contribution in [0.25, 0.3) is 0 Å². The van der Waals surface area contributed by atoms with Gasteiger partial charge in [0.25, 0.3) is 10.3 Å². The van der Waals surface area contributed by atoms with Crippen LogP contribution in [0.3, 0.4) is 0 Å². The molecule has 4 nitrogen and oxygen atoms in total. The van der Waals surface area contributed by atoms with Crippen molar-refractivity contribution in [3.63, 3.8) is 0 Å². The Morgan fingerprint density at radius 3 is 1.12 bits per heavy atom.